The summed E-state index contributed by atoms with van der Waals surface area (Å²) in [5, 5.41) is 45.1. The van der Waals surface area contributed by atoms with Crippen LogP contribution in [0.15, 0.2) is 78.9 Å². The molecule has 13 aromatic carbocycles. The van der Waals surface area contributed by atoms with Gasteiger partial charge in [-0.25, -0.2) is 0 Å². The lowest BCUT2D eigenvalue weighted by Crippen LogP contribution is -1.94. The van der Waals surface area contributed by atoms with Crippen LogP contribution in [0.5, 0.6) is 5.75 Å². The molecule has 0 spiro atoms. The van der Waals surface area contributed by atoms with E-state index in [2.05, 4.69) is 72.8 Å². The van der Waals surface area contributed by atoms with Crippen LogP contribution in [0, 0.1) is 0 Å². The monoisotopic (exact) mass is 485 g/mol. The van der Waals surface area contributed by atoms with Crippen molar-refractivity contribution in [2.24, 2.45) is 0 Å². The topological polar surface area (TPSA) is 19.9 Å². The summed E-state index contributed by atoms with van der Waals surface area (Å²) in [6.07, 6.45) is 0. The number of hydrogen-bond donors (Lipinski definition) is 0. The van der Waals surface area contributed by atoms with Crippen LogP contribution in [-0.2, 0) is 5.11 Å². The van der Waals surface area contributed by atoms with Crippen LogP contribution in [0.3, 0.4) is 0 Å². The first-order chi connectivity index (χ1) is 19.3. The molecular weight excluding hydrogens is 472 g/mol. The average Bonchev–Trinajstić information content (AvgIpc) is 3.33. The lowest BCUT2D eigenvalue weighted by Gasteiger charge is -2.23. The van der Waals surface area contributed by atoms with Crippen LogP contribution in [0.4, 0.5) is 0 Å². The van der Waals surface area contributed by atoms with Gasteiger partial charge in [-0.15, -0.1) is 0 Å². The van der Waals surface area contributed by atoms with Crippen LogP contribution < -0.4 is 0 Å². The van der Waals surface area contributed by atoms with Crippen molar-refractivity contribution in [3.8, 4) is 5.75 Å². The molecule has 13 aromatic rings. The van der Waals surface area contributed by atoms with E-state index in [4.69, 9.17) is 0 Å². The minimum atomic E-state index is 0.128. The highest BCUT2D eigenvalue weighted by molar-refractivity contribution is 6.62. The molecule has 0 aromatic heterocycles. The Morgan fingerprint density at radius 2 is 0.564 bits per heavy atom. The fraction of sp³-hybridized carbons (Fsp3) is 0. The highest BCUT2D eigenvalue weighted by atomic mass is 16.3. The summed E-state index contributed by atoms with van der Waals surface area (Å²) in [4.78, 5) is 0. The van der Waals surface area contributed by atoms with Gasteiger partial charge in [0.05, 0.1) is 0 Å². The molecule has 0 fully saturated rings. The van der Waals surface area contributed by atoms with Gasteiger partial charge < -0.3 is 0 Å². The normalized spacial score (nSPS) is 14.3. The molecular formula is C38H13O. The van der Waals surface area contributed by atoms with Crippen molar-refractivity contribution in [2.45, 2.75) is 0 Å². The van der Waals surface area contributed by atoms with Gasteiger partial charge in [-0.05, 0) is 143 Å². The Hall–Kier alpha value is -5.14. The predicted molar refractivity (Wildman–Crippen MR) is 166 cm³/mol. The number of rotatable bonds is 0. The third-order valence-corrected chi connectivity index (χ3v) is 10.6. The maximum atomic E-state index is 13.8. The molecule has 13 rings (SSSR count). The predicted octanol–water partition coefficient (Wildman–Crippen LogP) is 11.2. The molecule has 0 aliphatic heterocycles. The van der Waals surface area contributed by atoms with Crippen LogP contribution in [0.25, 0.3) is 129 Å². The molecule has 1 heteroatoms. The van der Waals surface area contributed by atoms with Crippen molar-refractivity contribution >= 4 is 129 Å². The molecule has 0 saturated carbocycles. The lowest BCUT2D eigenvalue weighted by molar-refractivity contribution is 0.361. The molecule has 0 saturated heterocycles. The Bertz CT molecular complexity index is 3140. The standard InChI is InChI=1S/C38H13O/c39-23-13-21-11-18-7-3-14-1-5-16-9-20-10-17-6-2-15-4-8-19-12-22(23)32-30(21)33-26(18)24(14)27(16)34-31(20)35-28(17)25(15)29(19)36(32)38(35)37(33)34/h1-13H. The molecule has 0 N–H and O–H groups in total. The Kier molecular flexibility index (Phi) is 2.17. The van der Waals surface area contributed by atoms with Gasteiger partial charge in [0.25, 0.3) is 0 Å². The third-order valence-electron chi connectivity index (χ3n) is 10.6. The zero-order valence-corrected chi connectivity index (χ0v) is 20.4. The van der Waals surface area contributed by atoms with Gasteiger partial charge in [-0.3, -0.25) is 5.11 Å². The van der Waals surface area contributed by atoms with Crippen LogP contribution >= 0.6 is 0 Å². The maximum absolute atomic E-state index is 13.8. The van der Waals surface area contributed by atoms with Crippen molar-refractivity contribution in [3.05, 3.63) is 78.9 Å². The second kappa shape index (κ2) is 4.86. The molecule has 171 valence electrons. The Morgan fingerprint density at radius 1 is 0.256 bits per heavy atom. The SMILES string of the molecule is [O]c1cc2cc3ccc4ccc5cc6cc7ccc8ccc9cc1c1c2c2c3c4c5c3c6c4c7c8c9c1c4c23. The summed E-state index contributed by atoms with van der Waals surface area (Å²) in [7, 11) is 0. The zero-order chi connectivity index (χ0) is 24.6. The first-order valence-corrected chi connectivity index (χ1v) is 13.7. The fourth-order valence-electron chi connectivity index (χ4n) is 9.45. The van der Waals surface area contributed by atoms with Gasteiger partial charge in [0.15, 0.2) is 5.75 Å². The van der Waals surface area contributed by atoms with Crippen molar-refractivity contribution in [2.75, 3.05) is 0 Å². The summed E-state index contributed by atoms with van der Waals surface area (Å²) < 4.78 is 0. The minimum Gasteiger partial charge on any atom is -0.289 e. The first-order valence-electron chi connectivity index (χ1n) is 13.7. The summed E-state index contributed by atoms with van der Waals surface area (Å²) in [5.41, 5.74) is 0. The van der Waals surface area contributed by atoms with Crippen molar-refractivity contribution in [1.29, 1.82) is 0 Å². The van der Waals surface area contributed by atoms with Crippen LogP contribution in [0.2, 0.25) is 0 Å². The Morgan fingerprint density at radius 3 is 1.08 bits per heavy atom. The molecule has 0 bridgehead atoms. The lowest BCUT2D eigenvalue weighted by atomic mass is 9.79. The summed E-state index contributed by atoms with van der Waals surface area (Å²) >= 11 is 0. The molecule has 0 aliphatic rings. The van der Waals surface area contributed by atoms with E-state index in [0.29, 0.717) is 0 Å². The van der Waals surface area contributed by atoms with Gasteiger partial charge in [-0.2, -0.15) is 0 Å². The number of hydrogen-bond acceptors (Lipinski definition) is 0. The highest BCUT2D eigenvalue weighted by Gasteiger charge is 2.32. The largest absolute Gasteiger partial charge is 0.289 e. The highest BCUT2D eigenvalue weighted by Crippen LogP contribution is 2.61. The van der Waals surface area contributed by atoms with Gasteiger partial charge >= 0.3 is 0 Å². The summed E-state index contributed by atoms with van der Waals surface area (Å²) in [5.74, 6) is 0.128. The number of benzene rings is 12. The summed E-state index contributed by atoms with van der Waals surface area (Å²) in [6.45, 7) is 0. The molecule has 0 atom stereocenters. The maximum Gasteiger partial charge on any atom is 0.187 e. The van der Waals surface area contributed by atoms with E-state index in [1.54, 1.807) is 0 Å². The molecule has 1 nitrogen and oxygen atoms in total. The van der Waals surface area contributed by atoms with E-state index in [0.717, 1.165) is 10.8 Å². The molecule has 0 heterocycles. The third kappa shape index (κ3) is 1.45. The minimum absolute atomic E-state index is 0.128. The van der Waals surface area contributed by atoms with Crippen LogP contribution in [-0.4, -0.2) is 0 Å². The van der Waals surface area contributed by atoms with Gasteiger partial charge in [-0.1, -0.05) is 48.5 Å². The second-order valence-corrected chi connectivity index (χ2v) is 12.1. The van der Waals surface area contributed by atoms with E-state index in [-0.39, 0.29) is 5.75 Å². The van der Waals surface area contributed by atoms with E-state index in [1.165, 1.54) is 118 Å². The first kappa shape index (κ1) is 17.4. The van der Waals surface area contributed by atoms with Crippen molar-refractivity contribution in [3.63, 3.8) is 0 Å². The van der Waals surface area contributed by atoms with E-state index in [9.17, 15) is 5.11 Å². The Balaban J connectivity index is 1.65. The second-order valence-electron chi connectivity index (χ2n) is 12.1. The van der Waals surface area contributed by atoms with Crippen molar-refractivity contribution < 1.29 is 5.11 Å². The smallest absolute Gasteiger partial charge is 0.187 e. The molecule has 0 amide bonds. The zero-order valence-electron chi connectivity index (χ0n) is 20.4. The van der Waals surface area contributed by atoms with Crippen molar-refractivity contribution in [1.82, 2.24) is 0 Å². The quantitative estimate of drug-likeness (QED) is 0.150. The van der Waals surface area contributed by atoms with Gasteiger partial charge in [0.1, 0.15) is 0 Å². The summed E-state index contributed by atoms with van der Waals surface area (Å²) in [6, 6.07) is 29.4. The molecule has 39 heavy (non-hydrogen) atoms. The van der Waals surface area contributed by atoms with E-state index < -0.39 is 0 Å². The molecule has 0 aliphatic carbocycles. The van der Waals surface area contributed by atoms with Gasteiger partial charge in [0, 0.05) is 16.2 Å². The average molecular weight is 486 g/mol. The van der Waals surface area contributed by atoms with E-state index >= 15 is 0 Å². The molecule has 0 unspecified atom stereocenters. The molecule has 1 radical (unpaired) electrons. The fourth-order valence-corrected chi connectivity index (χ4v) is 9.45. The van der Waals surface area contributed by atoms with Gasteiger partial charge in [0.2, 0.25) is 0 Å². The van der Waals surface area contributed by atoms with E-state index in [1.807, 2.05) is 6.07 Å². The Labute approximate surface area is 218 Å². The van der Waals surface area contributed by atoms with Crippen LogP contribution in [0.1, 0.15) is 0 Å².